The second-order valence-electron chi connectivity index (χ2n) is 8.84. The van der Waals surface area contributed by atoms with Gasteiger partial charge in [0, 0.05) is 57.9 Å². The lowest BCUT2D eigenvalue weighted by Crippen LogP contribution is -2.53. The average Bonchev–Trinajstić information content (AvgIpc) is 3.36. The Bertz CT molecular complexity index is 911. The molecule has 2 aromatic rings. The van der Waals surface area contributed by atoms with Crippen molar-refractivity contribution in [1.82, 2.24) is 15.1 Å². The van der Waals surface area contributed by atoms with E-state index in [1.165, 1.54) is 5.69 Å². The van der Waals surface area contributed by atoms with Crippen LogP contribution in [0.3, 0.4) is 0 Å². The van der Waals surface area contributed by atoms with Crippen LogP contribution in [-0.4, -0.2) is 74.7 Å². The third-order valence-electron chi connectivity index (χ3n) is 6.66. The van der Waals surface area contributed by atoms with Crippen molar-refractivity contribution in [1.29, 1.82) is 0 Å². The lowest BCUT2D eigenvalue weighted by atomic mass is 10.1. The Kier molecular flexibility index (Phi) is 7.70. The highest BCUT2D eigenvalue weighted by atomic mass is 16.5. The molecule has 0 aromatic heterocycles. The monoisotopic (exact) mass is 450 g/mol. The molecule has 0 aliphatic carbocycles. The highest BCUT2D eigenvalue weighted by Crippen LogP contribution is 2.23. The molecule has 7 heteroatoms. The highest BCUT2D eigenvalue weighted by molar-refractivity contribution is 5.78. The van der Waals surface area contributed by atoms with E-state index in [1.54, 1.807) is 7.11 Å². The Labute approximate surface area is 196 Å². The van der Waals surface area contributed by atoms with Crippen LogP contribution in [0.15, 0.2) is 54.6 Å². The van der Waals surface area contributed by atoms with Crippen molar-refractivity contribution in [2.75, 3.05) is 57.8 Å². The third kappa shape index (κ3) is 6.18. The highest BCUT2D eigenvalue weighted by Gasteiger charge is 2.26. The molecule has 2 saturated heterocycles. The van der Waals surface area contributed by atoms with Crippen LogP contribution < -0.4 is 15.0 Å². The molecule has 33 heavy (non-hydrogen) atoms. The minimum atomic E-state index is -0.0153. The van der Waals surface area contributed by atoms with E-state index in [-0.39, 0.29) is 11.9 Å². The smallest absolute Gasteiger partial charge is 0.317 e. The first-order chi connectivity index (χ1) is 16.1. The van der Waals surface area contributed by atoms with Crippen LogP contribution in [0.2, 0.25) is 0 Å². The van der Waals surface area contributed by atoms with Crippen LogP contribution in [0.5, 0.6) is 5.75 Å². The first kappa shape index (κ1) is 23.0. The fourth-order valence-electron chi connectivity index (χ4n) is 4.58. The predicted octanol–water partition coefficient (Wildman–Crippen LogP) is 3.01. The summed E-state index contributed by atoms with van der Waals surface area (Å²) in [6.07, 6.45) is 2.29. The molecule has 3 amide bonds. The molecule has 0 spiro atoms. The zero-order valence-electron chi connectivity index (χ0n) is 19.4. The first-order valence-electron chi connectivity index (χ1n) is 11.9. The molecule has 2 aliphatic rings. The molecular formula is C26H34N4O3. The Balaban J connectivity index is 1.14. The van der Waals surface area contributed by atoms with Gasteiger partial charge < -0.3 is 24.8 Å². The summed E-state index contributed by atoms with van der Waals surface area (Å²) in [7, 11) is 1.65. The number of anilines is 1. The number of nitrogens with zero attached hydrogens (tertiary/aromatic N) is 3. The zero-order valence-corrected chi connectivity index (χ0v) is 19.4. The van der Waals surface area contributed by atoms with Gasteiger partial charge >= 0.3 is 6.03 Å². The van der Waals surface area contributed by atoms with Crippen molar-refractivity contribution in [2.45, 2.75) is 19.3 Å². The molecule has 176 valence electrons. The summed E-state index contributed by atoms with van der Waals surface area (Å²) in [6, 6.07) is 18.3. The van der Waals surface area contributed by atoms with Crippen LogP contribution in [0, 0.1) is 5.92 Å². The molecule has 0 saturated carbocycles. The number of carbonyl (C=O) groups is 2. The predicted molar refractivity (Wildman–Crippen MR) is 130 cm³/mol. The van der Waals surface area contributed by atoms with Gasteiger partial charge in [0.2, 0.25) is 5.91 Å². The molecule has 2 aromatic carbocycles. The van der Waals surface area contributed by atoms with Crippen molar-refractivity contribution in [3.05, 3.63) is 60.2 Å². The van der Waals surface area contributed by atoms with Gasteiger partial charge in [-0.15, -0.1) is 0 Å². The van der Waals surface area contributed by atoms with E-state index in [0.717, 1.165) is 30.8 Å². The number of aryl methyl sites for hydroxylation is 1. The summed E-state index contributed by atoms with van der Waals surface area (Å²) >= 11 is 0. The number of methoxy groups -OCH3 is 1. The molecule has 2 aliphatic heterocycles. The van der Waals surface area contributed by atoms with E-state index in [4.69, 9.17) is 4.74 Å². The fraction of sp³-hybridized carbons (Fsp3) is 0.462. The molecule has 0 bridgehead atoms. The molecule has 1 atom stereocenters. The van der Waals surface area contributed by atoms with Gasteiger partial charge in [-0.05, 0) is 48.6 Å². The second kappa shape index (κ2) is 11.1. The van der Waals surface area contributed by atoms with E-state index >= 15 is 0 Å². The van der Waals surface area contributed by atoms with Crippen molar-refractivity contribution in [3.8, 4) is 5.75 Å². The summed E-state index contributed by atoms with van der Waals surface area (Å²) in [5.41, 5.74) is 2.37. The van der Waals surface area contributed by atoms with Crippen molar-refractivity contribution in [2.24, 2.45) is 5.92 Å². The van der Waals surface area contributed by atoms with Crippen LogP contribution >= 0.6 is 0 Å². The quantitative estimate of drug-likeness (QED) is 0.704. The number of ether oxygens (including phenoxy) is 1. The van der Waals surface area contributed by atoms with Gasteiger partial charge in [0.05, 0.1) is 7.11 Å². The van der Waals surface area contributed by atoms with Crippen molar-refractivity contribution < 1.29 is 14.3 Å². The van der Waals surface area contributed by atoms with E-state index < -0.39 is 0 Å². The van der Waals surface area contributed by atoms with Gasteiger partial charge in [-0.1, -0.05) is 30.3 Å². The molecule has 4 rings (SSSR count). The van der Waals surface area contributed by atoms with E-state index in [0.29, 0.717) is 51.5 Å². The molecule has 2 heterocycles. The maximum atomic E-state index is 12.6. The minimum absolute atomic E-state index is 0.0153. The average molecular weight is 451 g/mol. The maximum absolute atomic E-state index is 12.6. The van der Waals surface area contributed by atoms with Crippen LogP contribution in [0.1, 0.15) is 18.4 Å². The van der Waals surface area contributed by atoms with Gasteiger partial charge in [-0.25, -0.2) is 4.79 Å². The Morgan fingerprint density at radius 3 is 2.33 bits per heavy atom. The Morgan fingerprint density at radius 2 is 1.64 bits per heavy atom. The van der Waals surface area contributed by atoms with Gasteiger partial charge in [-0.3, -0.25) is 4.79 Å². The van der Waals surface area contributed by atoms with Gasteiger partial charge in [-0.2, -0.15) is 0 Å². The summed E-state index contributed by atoms with van der Waals surface area (Å²) < 4.78 is 5.17. The fourth-order valence-corrected chi connectivity index (χ4v) is 4.58. The van der Waals surface area contributed by atoms with Gasteiger partial charge in [0.1, 0.15) is 5.75 Å². The number of amides is 3. The van der Waals surface area contributed by atoms with Gasteiger partial charge in [0.25, 0.3) is 0 Å². The normalized spacial score (nSPS) is 18.3. The molecule has 1 N–H and O–H groups in total. The van der Waals surface area contributed by atoms with Crippen LogP contribution in [0.4, 0.5) is 10.5 Å². The lowest BCUT2D eigenvalue weighted by molar-refractivity contribution is -0.132. The Morgan fingerprint density at radius 1 is 0.939 bits per heavy atom. The zero-order chi connectivity index (χ0) is 23.0. The number of carbonyl (C=O) groups excluding carboxylic acids is 2. The summed E-state index contributed by atoms with van der Waals surface area (Å²) in [5, 5.41) is 3.11. The largest absolute Gasteiger partial charge is 0.497 e. The van der Waals surface area contributed by atoms with Crippen LogP contribution in [-0.2, 0) is 11.2 Å². The number of hydrogen-bond donors (Lipinski definition) is 1. The standard InChI is InChI=1S/C26H34N4O3/c1-33-24-10-7-21(8-11-24)9-12-25(31)28-15-17-29(18-16-28)26(32)27-19-22-13-14-30(20-22)23-5-3-2-4-6-23/h2-8,10-11,22H,9,12-20H2,1H3,(H,27,32). The lowest BCUT2D eigenvalue weighted by Gasteiger charge is -2.35. The van der Waals surface area contributed by atoms with Crippen molar-refractivity contribution >= 4 is 17.6 Å². The topological polar surface area (TPSA) is 65.1 Å². The summed E-state index contributed by atoms with van der Waals surface area (Å²) in [5.74, 6) is 1.44. The molecule has 0 radical (unpaired) electrons. The Hall–Kier alpha value is -3.22. The molecular weight excluding hydrogens is 416 g/mol. The first-order valence-corrected chi connectivity index (χ1v) is 11.9. The number of para-hydroxylation sites is 1. The van der Waals surface area contributed by atoms with E-state index in [1.807, 2.05) is 40.1 Å². The molecule has 7 nitrogen and oxygen atoms in total. The molecule has 1 unspecified atom stereocenters. The maximum Gasteiger partial charge on any atom is 0.317 e. The van der Waals surface area contributed by atoms with Crippen LogP contribution in [0.25, 0.3) is 0 Å². The third-order valence-corrected chi connectivity index (χ3v) is 6.66. The molecule has 2 fully saturated rings. The number of piperazine rings is 1. The number of benzene rings is 2. The number of rotatable bonds is 7. The number of urea groups is 1. The van der Waals surface area contributed by atoms with Crippen molar-refractivity contribution in [3.63, 3.8) is 0 Å². The SMILES string of the molecule is COc1ccc(CCC(=O)N2CCN(C(=O)NCC3CCN(c4ccccc4)C3)CC2)cc1. The van der Waals surface area contributed by atoms with E-state index in [9.17, 15) is 9.59 Å². The number of hydrogen-bond acceptors (Lipinski definition) is 4. The second-order valence-corrected chi connectivity index (χ2v) is 8.84. The minimum Gasteiger partial charge on any atom is -0.497 e. The summed E-state index contributed by atoms with van der Waals surface area (Å²) in [6.45, 7) is 5.06. The van der Waals surface area contributed by atoms with E-state index in [2.05, 4.69) is 34.5 Å². The van der Waals surface area contributed by atoms with Gasteiger partial charge in [0.15, 0.2) is 0 Å². The number of nitrogens with one attached hydrogen (secondary N) is 1. The summed E-state index contributed by atoms with van der Waals surface area (Å²) in [4.78, 5) is 31.3.